The number of carbonyl (C=O) groups excluding carboxylic acids is 1. The van der Waals surface area contributed by atoms with Gasteiger partial charge in [-0.1, -0.05) is 78.1 Å². The lowest BCUT2D eigenvalue weighted by Crippen LogP contribution is -2.26. The minimum atomic E-state index is -2.35. The number of rotatable bonds is 15. The van der Waals surface area contributed by atoms with Crippen molar-refractivity contribution >= 4 is 5.97 Å². The molecule has 0 bridgehead atoms. The summed E-state index contributed by atoms with van der Waals surface area (Å²) in [6.07, 6.45) is 12.9. The molecule has 2 nitrogen and oxygen atoms in total. The van der Waals surface area contributed by atoms with Crippen LogP contribution in [0.3, 0.4) is 0 Å². The Morgan fingerprint density at radius 2 is 1.02 bits per heavy atom. The number of halogens is 8. The SMILES string of the molecule is CCCCCCCCCCC1CCC(C(=O)Oc2c(F)c(F)c(-c3c(F)c(F)c(CCCC)c(F)c3F)c(F)c2F)CC1. The average Bonchev–Trinajstić information content (AvgIpc) is 3.00. The van der Waals surface area contributed by atoms with Crippen LogP contribution in [0, 0.1) is 58.4 Å². The third-order valence-electron chi connectivity index (χ3n) is 8.46. The van der Waals surface area contributed by atoms with E-state index in [1.165, 1.54) is 38.5 Å². The first kappa shape index (κ1) is 34.8. The number of esters is 1. The van der Waals surface area contributed by atoms with Crippen LogP contribution in [-0.2, 0) is 11.2 Å². The van der Waals surface area contributed by atoms with Crippen LogP contribution in [0.1, 0.15) is 116 Å². The Morgan fingerprint density at radius 1 is 0.581 bits per heavy atom. The van der Waals surface area contributed by atoms with E-state index < -0.39 is 87.3 Å². The third kappa shape index (κ3) is 8.29. The molecule has 0 amide bonds. The summed E-state index contributed by atoms with van der Waals surface area (Å²) in [7, 11) is 0. The molecule has 43 heavy (non-hydrogen) atoms. The van der Waals surface area contributed by atoms with Crippen LogP contribution in [0.25, 0.3) is 11.1 Å². The van der Waals surface area contributed by atoms with E-state index in [0.29, 0.717) is 38.0 Å². The van der Waals surface area contributed by atoms with Gasteiger partial charge in [0.25, 0.3) is 0 Å². The van der Waals surface area contributed by atoms with Crippen molar-refractivity contribution in [3.8, 4) is 16.9 Å². The van der Waals surface area contributed by atoms with E-state index in [1.807, 2.05) is 0 Å². The largest absolute Gasteiger partial charge is 0.420 e. The van der Waals surface area contributed by atoms with Crippen molar-refractivity contribution in [1.82, 2.24) is 0 Å². The van der Waals surface area contributed by atoms with Crippen LogP contribution in [0.15, 0.2) is 0 Å². The van der Waals surface area contributed by atoms with Crippen LogP contribution >= 0.6 is 0 Å². The highest BCUT2D eigenvalue weighted by Gasteiger charge is 2.36. The second kappa shape index (κ2) is 16.4. The number of unbranched alkanes of at least 4 members (excludes halogenated alkanes) is 8. The van der Waals surface area contributed by atoms with Gasteiger partial charge in [0.1, 0.15) is 0 Å². The van der Waals surface area contributed by atoms with Gasteiger partial charge in [-0.2, -0.15) is 8.78 Å². The summed E-state index contributed by atoms with van der Waals surface area (Å²) < 4.78 is 123. The molecule has 0 heterocycles. The molecule has 0 aliphatic heterocycles. The first-order valence-electron chi connectivity index (χ1n) is 15.5. The van der Waals surface area contributed by atoms with E-state index in [2.05, 4.69) is 6.92 Å². The van der Waals surface area contributed by atoms with Crippen molar-refractivity contribution in [2.45, 2.75) is 117 Å². The second-order valence-corrected chi connectivity index (χ2v) is 11.6. The highest BCUT2D eigenvalue weighted by Crippen LogP contribution is 2.41. The fraction of sp³-hybridized carbons (Fsp3) is 0.606. The maximum absolute atomic E-state index is 15.0. The molecule has 10 heteroatoms. The molecule has 1 aliphatic carbocycles. The van der Waals surface area contributed by atoms with Crippen LogP contribution in [0.2, 0.25) is 0 Å². The maximum atomic E-state index is 15.0. The molecule has 3 rings (SSSR count). The van der Waals surface area contributed by atoms with Gasteiger partial charge in [-0.05, 0) is 44.4 Å². The summed E-state index contributed by atoms with van der Waals surface area (Å²) in [5.74, 6) is -20.6. The molecule has 0 spiro atoms. The minimum absolute atomic E-state index is 0.152. The number of carbonyl (C=O) groups is 1. The topological polar surface area (TPSA) is 26.3 Å². The Hall–Kier alpha value is -2.65. The van der Waals surface area contributed by atoms with Gasteiger partial charge in [-0.3, -0.25) is 4.79 Å². The van der Waals surface area contributed by atoms with Crippen molar-refractivity contribution in [3.63, 3.8) is 0 Å². The molecule has 0 atom stereocenters. The maximum Gasteiger partial charge on any atom is 0.314 e. The zero-order valence-corrected chi connectivity index (χ0v) is 24.8. The number of ether oxygens (including phenoxy) is 1. The number of hydrogen-bond acceptors (Lipinski definition) is 2. The lowest BCUT2D eigenvalue weighted by atomic mass is 9.79. The number of benzene rings is 2. The highest BCUT2D eigenvalue weighted by molar-refractivity contribution is 5.76. The molecule has 240 valence electrons. The standard InChI is InChI=1S/C33H40F8O2/c1-3-5-7-8-9-10-11-12-13-19-15-17-20(18-16-19)33(42)43-32-30(40)28(38)23(29(39)31(32)41)22-26(36)24(34)21(14-6-4-2)25(35)27(22)37/h19-20H,3-18H2,1-2H3. The van der Waals surface area contributed by atoms with E-state index in [9.17, 15) is 39.9 Å². The molecule has 0 aromatic heterocycles. The molecule has 1 fully saturated rings. The molecule has 0 N–H and O–H groups in total. The van der Waals surface area contributed by atoms with Crippen molar-refractivity contribution in [3.05, 3.63) is 52.1 Å². The van der Waals surface area contributed by atoms with Crippen molar-refractivity contribution in [2.24, 2.45) is 11.8 Å². The third-order valence-corrected chi connectivity index (χ3v) is 8.46. The summed E-state index contributed by atoms with van der Waals surface area (Å²) in [4.78, 5) is 12.7. The Labute approximate surface area is 248 Å². The Bertz CT molecular complexity index is 1200. The summed E-state index contributed by atoms with van der Waals surface area (Å²) >= 11 is 0. The Kier molecular flexibility index (Phi) is 13.3. The molecular formula is C33H40F8O2. The van der Waals surface area contributed by atoms with Gasteiger partial charge in [-0.15, -0.1) is 0 Å². The van der Waals surface area contributed by atoms with Crippen molar-refractivity contribution in [2.75, 3.05) is 0 Å². The van der Waals surface area contributed by atoms with Gasteiger partial charge in [0.15, 0.2) is 34.9 Å². The lowest BCUT2D eigenvalue weighted by molar-refractivity contribution is -0.140. The Morgan fingerprint density at radius 3 is 1.51 bits per heavy atom. The van der Waals surface area contributed by atoms with Crippen LogP contribution in [-0.4, -0.2) is 5.97 Å². The minimum Gasteiger partial charge on any atom is -0.420 e. The van der Waals surface area contributed by atoms with E-state index >= 15 is 0 Å². The summed E-state index contributed by atoms with van der Waals surface area (Å²) in [6, 6.07) is 0. The van der Waals surface area contributed by atoms with Crippen LogP contribution in [0.5, 0.6) is 5.75 Å². The van der Waals surface area contributed by atoms with E-state index in [4.69, 9.17) is 4.74 Å². The Balaban J connectivity index is 1.68. The average molecular weight is 621 g/mol. The zero-order chi connectivity index (χ0) is 31.7. The van der Waals surface area contributed by atoms with Gasteiger partial charge in [0.05, 0.1) is 17.0 Å². The predicted molar refractivity (Wildman–Crippen MR) is 148 cm³/mol. The second-order valence-electron chi connectivity index (χ2n) is 11.6. The van der Waals surface area contributed by atoms with E-state index in [-0.39, 0.29) is 6.42 Å². The molecule has 2 aromatic rings. The van der Waals surface area contributed by atoms with Gasteiger partial charge < -0.3 is 4.74 Å². The first-order chi connectivity index (χ1) is 20.5. The molecular weight excluding hydrogens is 580 g/mol. The molecule has 2 aromatic carbocycles. The first-order valence-corrected chi connectivity index (χ1v) is 15.5. The van der Waals surface area contributed by atoms with Gasteiger partial charge in [0.2, 0.25) is 17.4 Å². The quantitative estimate of drug-likeness (QED) is 0.0651. The smallest absolute Gasteiger partial charge is 0.314 e. The fourth-order valence-corrected chi connectivity index (χ4v) is 5.83. The summed E-state index contributed by atoms with van der Waals surface area (Å²) in [5.41, 5.74) is -4.90. The normalized spacial score (nSPS) is 17.0. The summed E-state index contributed by atoms with van der Waals surface area (Å²) in [6.45, 7) is 3.84. The predicted octanol–water partition coefficient (Wildman–Crippen LogP) is 11.1. The van der Waals surface area contributed by atoms with Crippen molar-refractivity contribution < 1.29 is 44.7 Å². The fourth-order valence-electron chi connectivity index (χ4n) is 5.83. The van der Waals surface area contributed by atoms with Gasteiger partial charge >= 0.3 is 5.97 Å². The van der Waals surface area contributed by atoms with E-state index in [0.717, 1.165) is 19.3 Å². The zero-order valence-electron chi connectivity index (χ0n) is 24.8. The lowest BCUT2D eigenvalue weighted by Gasteiger charge is -2.27. The molecule has 0 radical (unpaired) electrons. The van der Waals surface area contributed by atoms with Gasteiger partial charge in [-0.25, -0.2) is 26.3 Å². The van der Waals surface area contributed by atoms with Crippen LogP contribution < -0.4 is 4.74 Å². The molecule has 1 saturated carbocycles. The highest BCUT2D eigenvalue weighted by atomic mass is 19.2. The van der Waals surface area contributed by atoms with E-state index in [1.54, 1.807) is 6.92 Å². The molecule has 0 saturated heterocycles. The van der Waals surface area contributed by atoms with Crippen LogP contribution in [0.4, 0.5) is 35.1 Å². The number of hydrogen-bond donors (Lipinski definition) is 0. The molecule has 0 unspecified atom stereocenters. The monoisotopic (exact) mass is 620 g/mol. The van der Waals surface area contributed by atoms with Gasteiger partial charge in [0, 0.05) is 5.56 Å². The summed E-state index contributed by atoms with van der Waals surface area (Å²) in [5, 5.41) is 0. The van der Waals surface area contributed by atoms with Crippen molar-refractivity contribution in [1.29, 1.82) is 0 Å². The molecule has 1 aliphatic rings.